The zero-order valence-corrected chi connectivity index (χ0v) is 11.4. The number of aromatic nitrogens is 2. The number of ether oxygens (including phenoxy) is 1. The van der Waals surface area contributed by atoms with Crippen molar-refractivity contribution in [1.82, 2.24) is 15.3 Å². The number of rotatable bonds is 6. The lowest BCUT2D eigenvalue weighted by Crippen LogP contribution is -2.19. The third kappa shape index (κ3) is 3.77. The monoisotopic (exact) mass is 281 g/mol. The van der Waals surface area contributed by atoms with Crippen LogP contribution in [0.3, 0.4) is 0 Å². The van der Waals surface area contributed by atoms with E-state index in [2.05, 4.69) is 20.0 Å². The number of benzene rings is 1. The first kappa shape index (κ1) is 14.5. The Bertz CT molecular complexity index is 557. The fourth-order valence-corrected chi connectivity index (χ4v) is 1.89. The summed E-state index contributed by atoms with van der Waals surface area (Å²) in [6.45, 7) is 1.71. The topological polar surface area (TPSA) is 49.9 Å². The molecule has 1 heterocycles. The second-order valence-electron chi connectivity index (χ2n) is 4.53. The molecule has 0 aliphatic carbocycles. The van der Waals surface area contributed by atoms with Crippen molar-refractivity contribution in [1.29, 1.82) is 0 Å². The maximum atomic E-state index is 12.2. The summed E-state index contributed by atoms with van der Waals surface area (Å²) in [4.78, 5) is 7.20. The Kier molecular flexibility index (Phi) is 4.68. The normalized spacial score (nSPS) is 12.7. The molecule has 1 atom stereocenters. The molecule has 0 bridgehead atoms. The van der Waals surface area contributed by atoms with E-state index in [1.807, 2.05) is 19.9 Å². The number of aryl methyl sites for hydroxylation is 1. The van der Waals surface area contributed by atoms with Gasteiger partial charge in [0, 0.05) is 18.3 Å². The number of hydrogen-bond acceptors (Lipinski definition) is 3. The van der Waals surface area contributed by atoms with Gasteiger partial charge in [-0.1, -0.05) is 12.1 Å². The fraction of sp³-hybridized carbons (Fsp3) is 0.357. The first-order valence-corrected chi connectivity index (χ1v) is 6.33. The van der Waals surface area contributed by atoms with Crippen LogP contribution in [-0.2, 0) is 6.54 Å². The Morgan fingerprint density at radius 1 is 1.40 bits per heavy atom. The van der Waals surface area contributed by atoms with Gasteiger partial charge >= 0.3 is 6.61 Å². The van der Waals surface area contributed by atoms with E-state index in [0.717, 1.165) is 17.0 Å². The summed E-state index contributed by atoms with van der Waals surface area (Å²) in [5.41, 5.74) is 2.84. The maximum absolute atomic E-state index is 12.2. The van der Waals surface area contributed by atoms with Crippen LogP contribution in [0.15, 0.2) is 30.6 Å². The highest BCUT2D eigenvalue weighted by Gasteiger charge is 2.10. The zero-order chi connectivity index (χ0) is 14.5. The second kappa shape index (κ2) is 6.47. The number of nitrogens with zero attached hydrogens (tertiary/aromatic N) is 1. The first-order valence-electron chi connectivity index (χ1n) is 6.33. The molecule has 6 heteroatoms. The van der Waals surface area contributed by atoms with E-state index in [1.54, 1.807) is 18.5 Å². The smallest absolute Gasteiger partial charge is 0.387 e. The van der Waals surface area contributed by atoms with E-state index in [1.165, 1.54) is 6.07 Å². The number of nitrogens with one attached hydrogen (secondary N) is 2. The Morgan fingerprint density at radius 3 is 2.85 bits per heavy atom. The van der Waals surface area contributed by atoms with Crippen LogP contribution in [0, 0.1) is 6.92 Å². The quantitative estimate of drug-likeness (QED) is 0.855. The van der Waals surface area contributed by atoms with Crippen molar-refractivity contribution in [2.24, 2.45) is 0 Å². The first-order chi connectivity index (χ1) is 9.56. The molecule has 0 saturated heterocycles. The second-order valence-corrected chi connectivity index (χ2v) is 4.53. The summed E-state index contributed by atoms with van der Waals surface area (Å²) < 4.78 is 28.8. The third-order valence-corrected chi connectivity index (χ3v) is 3.09. The lowest BCUT2D eigenvalue weighted by Gasteiger charge is -2.15. The summed E-state index contributed by atoms with van der Waals surface area (Å²) in [6.07, 6.45) is 1.65. The van der Waals surface area contributed by atoms with Crippen molar-refractivity contribution in [2.75, 3.05) is 0 Å². The van der Waals surface area contributed by atoms with Crippen molar-refractivity contribution < 1.29 is 13.5 Å². The Labute approximate surface area is 116 Å². The molecular formula is C14H17F2N3O. The highest BCUT2D eigenvalue weighted by Crippen LogP contribution is 2.21. The molecule has 0 aliphatic rings. The van der Waals surface area contributed by atoms with Crippen LogP contribution >= 0.6 is 0 Å². The molecule has 20 heavy (non-hydrogen) atoms. The number of aromatic amines is 1. The molecule has 108 valence electrons. The van der Waals surface area contributed by atoms with Crippen molar-refractivity contribution >= 4 is 0 Å². The largest absolute Gasteiger partial charge is 0.435 e. The lowest BCUT2D eigenvalue weighted by atomic mass is 10.1. The number of H-pyrrole nitrogens is 1. The summed E-state index contributed by atoms with van der Waals surface area (Å²) in [5.74, 6) is 0.169. The average Bonchev–Trinajstić information content (AvgIpc) is 2.81. The SMILES string of the molecule is Cc1[nH]cnc1CNC(C)c1cccc(OC(F)F)c1. The van der Waals surface area contributed by atoms with Gasteiger partial charge in [-0.3, -0.25) is 0 Å². The van der Waals surface area contributed by atoms with Gasteiger partial charge in [0.05, 0.1) is 12.0 Å². The number of halogens is 2. The lowest BCUT2D eigenvalue weighted by molar-refractivity contribution is -0.0499. The highest BCUT2D eigenvalue weighted by molar-refractivity contribution is 5.30. The van der Waals surface area contributed by atoms with Gasteiger partial charge in [0.1, 0.15) is 5.75 Å². The molecule has 0 amide bonds. The van der Waals surface area contributed by atoms with Crippen LogP contribution < -0.4 is 10.1 Å². The van der Waals surface area contributed by atoms with Crippen LogP contribution in [0.1, 0.15) is 29.9 Å². The van der Waals surface area contributed by atoms with Crippen LogP contribution in [0.2, 0.25) is 0 Å². The van der Waals surface area contributed by atoms with Crippen LogP contribution in [0.25, 0.3) is 0 Å². The standard InChI is InChI=1S/C14H17F2N3O/c1-9(17-7-13-10(2)18-8-19-13)11-4-3-5-12(6-11)20-14(15)16/h3-6,8-9,14,17H,7H2,1-2H3,(H,18,19). The molecule has 0 aliphatic heterocycles. The van der Waals surface area contributed by atoms with E-state index in [-0.39, 0.29) is 11.8 Å². The minimum atomic E-state index is -2.81. The zero-order valence-electron chi connectivity index (χ0n) is 11.4. The predicted molar refractivity (Wildman–Crippen MR) is 71.7 cm³/mol. The molecule has 0 radical (unpaired) electrons. The predicted octanol–water partition coefficient (Wildman–Crippen LogP) is 3.17. The van der Waals surface area contributed by atoms with Gasteiger partial charge < -0.3 is 15.0 Å². The highest BCUT2D eigenvalue weighted by atomic mass is 19.3. The molecule has 2 aromatic rings. The summed E-state index contributed by atoms with van der Waals surface area (Å²) >= 11 is 0. The molecule has 0 saturated carbocycles. The maximum Gasteiger partial charge on any atom is 0.387 e. The van der Waals surface area contributed by atoms with Crippen LogP contribution in [-0.4, -0.2) is 16.6 Å². The van der Waals surface area contributed by atoms with Gasteiger partial charge in [-0.2, -0.15) is 8.78 Å². The van der Waals surface area contributed by atoms with Crippen molar-refractivity contribution in [3.8, 4) is 5.75 Å². The van der Waals surface area contributed by atoms with Crippen molar-refractivity contribution in [3.63, 3.8) is 0 Å². The molecule has 0 fully saturated rings. The van der Waals surface area contributed by atoms with Gasteiger partial charge in [-0.05, 0) is 31.5 Å². The number of hydrogen-bond donors (Lipinski definition) is 2. The molecule has 0 spiro atoms. The molecule has 1 aromatic carbocycles. The van der Waals surface area contributed by atoms with Crippen molar-refractivity contribution in [3.05, 3.63) is 47.5 Å². The van der Waals surface area contributed by atoms with Gasteiger partial charge in [-0.15, -0.1) is 0 Å². The van der Waals surface area contributed by atoms with Crippen LogP contribution in [0.5, 0.6) is 5.75 Å². The van der Waals surface area contributed by atoms with Gasteiger partial charge in [0.15, 0.2) is 0 Å². The third-order valence-electron chi connectivity index (χ3n) is 3.09. The number of alkyl halides is 2. The van der Waals surface area contributed by atoms with Gasteiger partial charge in [0.2, 0.25) is 0 Å². The minimum absolute atomic E-state index is 0.00678. The van der Waals surface area contributed by atoms with E-state index < -0.39 is 6.61 Å². The molecule has 1 unspecified atom stereocenters. The summed E-state index contributed by atoms with van der Waals surface area (Å²) in [5, 5.41) is 3.30. The van der Waals surface area contributed by atoms with Crippen LogP contribution in [0.4, 0.5) is 8.78 Å². The average molecular weight is 281 g/mol. The van der Waals surface area contributed by atoms with Crippen molar-refractivity contribution in [2.45, 2.75) is 33.0 Å². The Morgan fingerprint density at radius 2 is 2.20 bits per heavy atom. The van der Waals surface area contributed by atoms with Gasteiger partial charge in [0.25, 0.3) is 0 Å². The summed E-state index contributed by atoms with van der Waals surface area (Å²) in [7, 11) is 0. The molecular weight excluding hydrogens is 264 g/mol. The Hall–Kier alpha value is -1.95. The van der Waals surface area contributed by atoms with E-state index in [4.69, 9.17) is 0 Å². The van der Waals surface area contributed by atoms with E-state index in [0.29, 0.717) is 6.54 Å². The van der Waals surface area contributed by atoms with E-state index >= 15 is 0 Å². The Balaban J connectivity index is 1.98. The molecule has 1 aromatic heterocycles. The minimum Gasteiger partial charge on any atom is -0.435 e. The van der Waals surface area contributed by atoms with E-state index in [9.17, 15) is 8.78 Å². The molecule has 2 N–H and O–H groups in total. The molecule has 4 nitrogen and oxygen atoms in total. The fourth-order valence-electron chi connectivity index (χ4n) is 1.89. The molecule has 2 rings (SSSR count). The summed E-state index contributed by atoms with van der Waals surface area (Å²) in [6, 6.07) is 6.70. The number of imidazole rings is 1. The van der Waals surface area contributed by atoms with Gasteiger partial charge in [-0.25, -0.2) is 4.98 Å².